The number of carbonyl (C=O) groups excluding carboxylic acids is 1. The molecule has 26 heavy (non-hydrogen) atoms. The van der Waals surface area contributed by atoms with Crippen LogP contribution in [0.25, 0.3) is 0 Å². The molecular formula is C22H25NO3. The minimum absolute atomic E-state index is 0.0529. The van der Waals surface area contributed by atoms with Crippen molar-refractivity contribution in [1.82, 2.24) is 4.90 Å². The first-order chi connectivity index (χ1) is 12.7. The summed E-state index contributed by atoms with van der Waals surface area (Å²) in [6.45, 7) is 2.23. The van der Waals surface area contributed by atoms with Crippen molar-refractivity contribution in [2.24, 2.45) is 0 Å². The van der Waals surface area contributed by atoms with Gasteiger partial charge in [0.1, 0.15) is 11.5 Å². The van der Waals surface area contributed by atoms with Crippen LogP contribution in [0.4, 0.5) is 0 Å². The summed E-state index contributed by atoms with van der Waals surface area (Å²) in [5.41, 5.74) is 1.04. The van der Waals surface area contributed by atoms with Gasteiger partial charge in [-0.1, -0.05) is 30.3 Å². The monoisotopic (exact) mass is 351 g/mol. The van der Waals surface area contributed by atoms with E-state index in [2.05, 4.69) is 6.07 Å². The van der Waals surface area contributed by atoms with Gasteiger partial charge in [0, 0.05) is 26.1 Å². The number of benzene rings is 2. The van der Waals surface area contributed by atoms with Crippen molar-refractivity contribution in [3.05, 3.63) is 60.2 Å². The summed E-state index contributed by atoms with van der Waals surface area (Å²) < 4.78 is 11.9. The number of carbonyl (C=O) groups is 1. The molecule has 1 spiro atoms. The first kappa shape index (κ1) is 17.1. The Balaban J connectivity index is 1.43. The van der Waals surface area contributed by atoms with Crippen molar-refractivity contribution < 1.29 is 14.3 Å². The molecule has 0 aromatic heterocycles. The van der Waals surface area contributed by atoms with Crippen LogP contribution in [0, 0.1) is 0 Å². The first-order valence-corrected chi connectivity index (χ1v) is 9.46. The van der Waals surface area contributed by atoms with E-state index in [-0.39, 0.29) is 11.5 Å². The molecule has 2 aromatic rings. The Kier molecular flexibility index (Phi) is 4.93. The third-order valence-corrected chi connectivity index (χ3v) is 5.42. The second kappa shape index (κ2) is 7.50. The molecule has 4 nitrogen and oxygen atoms in total. The Morgan fingerprint density at radius 3 is 2.65 bits per heavy atom. The van der Waals surface area contributed by atoms with Crippen LogP contribution in [0.1, 0.15) is 37.7 Å². The highest BCUT2D eigenvalue weighted by molar-refractivity contribution is 5.76. The number of ether oxygens (including phenoxy) is 2. The standard InChI is InChI=1S/C22H25NO3/c24-21-10-12-22(11-5-15-25-22)13-14-23(21)17-18-6-4-9-20(16-18)26-19-7-2-1-3-8-19/h1-4,6-9,16H,5,10-15,17H2/t22-/m0/s1. The Bertz CT molecular complexity index is 753. The maximum atomic E-state index is 12.6. The van der Waals surface area contributed by atoms with Gasteiger partial charge in [-0.3, -0.25) is 4.79 Å². The highest BCUT2D eigenvalue weighted by Gasteiger charge is 2.38. The molecular weight excluding hydrogens is 326 g/mol. The molecule has 1 amide bonds. The molecule has 2 saturated heterocycles. The van der Waals surface area contributed by atoms with Crippen LogP contribution in [-0.4, -0.2) is 29.6 Å². The molecule has 2 aromatic carbocycles. The van der Waals surface area contributed by atoms with Gasteiger partial charge >= 0.3 is 0 Å². The normalized spacial score (nSPS) is 23.2. The maximum Gasteiger partial charge on any atom is 0.222 e. The molecule has 0 radical (unpaired) electrons. The van der Waals surface area contributed by atoms with Crippen molar-refractivity contribution in [3.63, 3.8) is 0 Å². The van der Waals surface area contributed by atoms with Gasteiger partial charge in [-0.15, -0.1) is 0 Å². The van der Waals surface area contributed by atoms with Crippen LogP contribution in [-0.2, 0) is 16.1 Å². The maximum absolute atomic E-state index is 12.6. The smallest absolute Gasteiger partial charge is 0.222 e. The summed E-state index contributed by atoms with van der Waals surface area (Å²) in [5.74, 6) is 1.84. The lowest BCUT2D eigenvalue weighted by Crippen LogP contribution is -2.32. The molecule has 4 rings (SSSR count). The molecule has 0 unspecified atom stereocenters. The summed E-state index contributed by atoms with van der Waals surface area (Å²) in [4.78, 5) is 14.5. The Labute approximate surface area is 154 Å². The summed E-state index contributed by atoms with van der Waals surface area (Å²) >= 11 is 0. The number of likely N-dealkylation sites (tertiary alicyclic amines) is 1. The van der Waals surface area contributed by atoms with Crippen molar-refractivity contribution in [3.8, 4) is 11.5 Å². The zero-order valence-corrected chi connectivity index (χ0v) is 15.0. The molecule has 2 aliphatic heterocycles. The largest absolute Gasteiger partial charge is 0.457 e. The topological polar surface area (TPSA) is 38.8 Å². The fourth-order valence-corrected chi connectivity index (χ4v) is 3.95. The minimum Gasteiger partial charge on any atom is -0.457 e. The molecule has 0 N–H and O–H groups in total. The highest BCUT2D eigenvalue weighted by Crippen LogP contribution is 2.36. The van der Waals surface area contributed by atoms with Crippen molar-refractivity contribution >= 4 is 5.91 Å². The Morgan fingerprint density at radius 2 is 1.85 bits per heavy atom. The molecule has 2 heterocycles. The molecule has 1 atom stereocenters. The van der Waals surface area contributed by atoms with Gasteiger partial charge in [0.05, 0.1) is 5.60 Å². The minimum atomic E-state index is -0.0529. The van der Waals surface area contributed by atoms with Crippen molar-refractivity contribution in [2.75, 3.05) is 13.2 Å². The average Bonchev–Trinajstić information content (AvgIpc) is 3.07. The average molecular weight is 351 g/mol. The summed E-state index contributed by atoms with van der Waals surface area (Å²) in [6.07, 6.45) is 4.60. The van der Waals surface area contributed by atoms with Crippen LogP contribution >= 0.6 is 0 Å². The second-order valence-electron chi connectivity index (χ2n) is 7.26. The predicted octanol–water partition coefficient (Wildman–Crippen LogP) is 4.54. The predicted molar refractivity (Wildman–Crippen MR) is 100 cm³/mol. The van der Waals surface area contributed by atoms with E-state index in [0.29, 0.717) is 13.0 Å². The second-order valence-corrected chi connectivity index (χ2v) is 7.26. The van der Waals surface area contributed by atoms with E-state index in [1.165, 1.54) is 0 Å². The quantitative estimate of drug-likeness (QED) is 0.812. The summed E-state index contributed by atoms with van der Waals surface area (Å²) in [6, 6.07) is 17.8. The van der Waals surface area contributed by atoms with Crippen LogP contribution in [0.2, 0.25) is 0 Å². The van der Waals surface area contributed by atoms with Gasteiger partial charge in [0.25, 0.3) is 0 Å². The van der Waals surface area contributed by atoms with E-state index >= 15 is 0 Å². The van der Waals surface area contributed by atoms with Gasteiger partial charge in [0.2, 0.25) is 5.91 Å². The van der Waals surface area contributed by atoms with E-state index in [1.54, 1.807) is 0 Å². The Morgan fingerprint density at radius 1 is 1.00 bits per heavy atom. The van der Waals surface area contributed by atoms with Crippen molar-refractivity contribution in [1.29, 1.82) is 0 Å². The Hall–Kier alpha value is -2.33. The van der Waals surface area contributed by atoms with Gasteiger partial charge < -0.3 is 14.4 Å². The number of hydrogen-bond donors (Lipinski definition) is 0. The summed E-state index contributed by atoms with van der Waals surface area (Å²) in [5, 5.41) is 0. The third kappa shape index (κ3) is 3.91. The van der Waals surface area contributed by atoms with Gasteiger partial charge in [0.15, 0.2) is 0 Å². The molecule has 2 fully saturated rings. The third-order valence-electron chi connectivity index (χ3n) is 5.42. The lowest BCUT2D eigenvalue weighted by Gasteiger charge is -2.26. The zero-order chi connectivity index (χ0) is 17.8. The van der Waals surface area contributed by atoms with Gasteiger partial charge in [-0.25, -0.2) is 0 Å². The zero-order valence-electron chi connectivity index (χ0n) is 15.0. The lowest BCUT2D eigenvalue weighted by molar-refractivity contribution is -0.131. The fourth-order valence-electron chi connectivity index (χ4n) is 3.95. The SMILES string of the molecule is O=C1CC[C@@]2(CCCO2)CCN1Cc1cccc(Oc2ccccc2)c1. The molecule has 0 aliphatic carbocycles. The summed E-state index contributed by atoms with van der Waals surface area (Å²) in [7, 11) is 0. The van der Waals surface area contributed by atoms with E-state index in [4.69, 9.17) is 9.47 Å². The number of rotatable bonds is 4. The molecule has 2 aliphatic rings. The number of hydrogen-bond acceptors (Lipinski definition) is 3. The van der Waals surface area contributed by atoms with E-state index in [0.717, 1.165) is 55.9 Å². The molecule has 4 heteroatoms. The van der Waals surface area contributed by atoms with E-state index in [9.17, 15) is 4.79 Å². The van der Waals surface area contributed by atoms with Gasteiger partial charge in [-0.2, -0.15) is 0 Å². The number of nitrogens with zero attached hydrogens (tertiary/aromatic N) is 1. The van der Waals surface area contributed by atoms with Crippen molar-refractivity contribution in [2.45, 2.75) is 44.2 Å². The first-order valence-electron chi connectivity index (χ1n) is 9.46. The van der Waals surface area contributed by atoms with Crippen LogP contribution in [0.3, 0.4) is 0 Å². The number of para-hydroxylation sites is 1. The fraction of sp³-hybridized carbons (Fsp3) is 0.409. The molecule has 136 valence electrons. The van der Waals surface area contributed by atoms with Crippen LogP contribution in [0.15, 0.2) is 54.6 Å². The van der Waals surface area contributed by atoms with E-state index in [1.807, 2.05) is 53.4 Å². The molecule has 0 bridgehead atoms. The highest BCUT2D eigenvalue weighted by atomic mass is 16.5. The number of amides is 1. The molecule has 0 saturated carbocycles. The van der Waals surface area contributed by atoms with Gasteiger partial charge in [-0.05, 0) is 55.5 Å². The van der Waals surface area contributed by atoms with Crippen LogP contribution in [0.5, 0.6) is 11.5 Å². The lowest BCUT2D eigenvalue weighted by atomic mass is 9.92. The van der Waals surface area contributed by atoms with E-state index < -0.39 is 0 Å². The van der Waals surface area contributed by atoms with Crippen LogP contribution < -0.4 is 4.74 Å².